The van der Waals surface area contributed by atoms with Crippen molar-refractivity contribution in [1.82, 2.24) is 0 Å². The molecule has 0 bridgehead atoms. The largest absolute Gasteiger partial charge is 4.00 e. The van der Waals surface area contributed by atoms with Crippen LogP contribution in [0.4, 0.5) is 0 Å². The van der Waals surface area contributed by atoms with Crippen LogP contribution in [-0.2, 0) is 21.7 Å². The number of hydrogen-bond donors (Lipinski definition) is 0. The van der Waals surface area contributed by atoms with Crippen LogP contribution >= 0.6 is 0 Å². The molecule has 0 aliphatic heterocycles. The van der Waals surface area contributed by atoms with Crippen molar-refractivity contribution in [3.63, 3.8) is 0 Å². The first kappa shape index (κ1) is 18.5. The van der Waals surface area contributed by atoms with Crippen LogP contribution in [0.2, 0.25) is 0 Å². The fraction of sp³-hybridized carbons (Fsp3) is 0. The minimum absolute atomic E-state index is 0. The molecule has 0 saturated carbocycles. The summed E-state index contributed by atoms with van der Waals surface area (Å²) in [4.78, 5) is 0. The van der Waals surface area contributed by atoms with E-state index >= 15 is 0 Å². The summed E-state index contributed by atoms with van der Waals surface area (Å²) in [5.41, 5.74) is 0. The van der Waals surface area contributed by atoms with Gasteiger partial charge < -0.3 is 19.8 Å². The average Bonchev–Trinajstić information content (AvgIpc) is 2.67. The first-order valence-electron chi connectivity index (χ1n) is 3.33. The van der Waals surface area contributed by atoms with Crippen molar-refractivity contribution < 1.29 is 34.1 Å². The van der Waals surface area contributed by atoms with E-state index in [-0.39, 0.29) is 41.6 Å². The van der Waals surface area contributed by atoms with Gasteiger partial charge in [-0.1, -0.05) is 0 Å². The summed E-state index contributed by atoms with van der Waals surface area (Å²) >= 11 is 0. The Balaban J connectivity index is -0.000000125. The van der Waals surface area contributed by atoms with Crippen LogP contribution in [0.3, 0.4) is 0 Å². The van der Waals surface area contributed by atoms with E-state index in [1.165, 1.54) is 0 Å². The Morgan fingerprint density at radius 1 is 0.615 bits per heavy atom. The Morgan fingerprint density at radius 3 is 0.923 bits per heavy atom. The zero-order chi connectivity index (χ0) is 7.07. The van der Waals surface area contributed by atoms with Gasteiger partial charge in [-0.05, 0) is 0 Å². The minimum atomic E-state index is 0. The van der Waals surface area contributed by atoms with Crippen LogP contribution in [0.5, 0.6) is 0 Å². The van der Waals surface area contributed by atoms with Gasteiger partial charge in [-0.2, -0.15) is 36.4 Å². The molecule has 0 unspecified atom stereocenters. The maximum atomic E-state index is 2.00. The minimum Gasteiger partial charge on any atom is -1.00 e. The second kappa shape index (κ2) is 14.2. The predicted molar refractivity (Wildman–Crippen MR) is 50.5 cm³/mol. The summed E-state index contributed by atoms with van der Waals surface area (Å²) in [6, 6.07) is 20.0. The summed E-state index contributed by atoms with van der Waals surface area (Å²) in [5.74, 6) is 0. The Bertz CT molecular complexity index is 149. The zero-order valence-corrected chi connectivity index (χ0v) is 9.97. The third-order valence-corrected chi connectivity index (χ3v) is 1.11. The van der Waals surface area contributed by atoms with Crippen molar-refractivity contribution in [1.29, 1.82) is 0 Å². The summed E-state index contributed by atoms with van der Waals surface area (Å²) in [5, 5.41) is 0. The normalized spacial score (nSPS) is 6.15. The van der Waals surface area contributed by atoms with E-state index in [1.54, 1.807) is 0 Å². The quantitative estimate of drug-likeness (QED) is 0.448. The number of hydrogen-bond acceptors (Lipinski definition) is 0. The van der Waals surface area contributed by atoms with Crippen molar-refractivity contribution >= 4 is 0 Å². The van der Waals surface area contributed by atoms with Crippen molar-refractivity contribution in [3.05, 3.63) is 68.1 Å². The Kier molecular flexibility index (Phi) is 20.2. The molecule has 0 N–H and O–H groups in total. The molecule has 0 nitrogen and oxygen atoms in total. The second-order valence-corrected chi connectivity index (χ2v) is 1.92. The van der Waals surface area contributed by atoms with Gasteiger partial charge >= 0.3 is 21.7 Å². The van der Waals surface area contributed by atoms with Crippen LogP contribution in [0.25, 0.3) is 0 Å². The van der Waals surface area contributed by atoms with Crippen molar-refractivity contribution in [2.75, 3.05) is 0 Å². The van der Waals surface area contributed by atoms with E-state index < -0.39 is 0 Å². The SMILES string of the molecule is [CH3-].[Cl-].[Ti+4].c1cc[cH-]c1.c1cc[cH-]c1. The molecule has 2 heteroatoms. The summed E-state index contributed by atoms with van der Waals surface area (Å²) in [6.07, 6.45) is 0. The van der Waals surface area contributed by atoms with E-state index in [1.807, 2.05) is 60.7 Å². The molecule has 0 heterocycles. The van der Waals surface area contributed by atoms with Crippen LogP contribution < -0.4 is 12.4 Å². The molecule has 0 spiro atoms. The Morgan fingerprint density at radius 2 is 0.846 bits per heavy atom. The maximum absolute atomic E-state index is 2.00. The number of rotatable bonds is 0. The molecule has 0 amide bonds. The molecule has 0 radical (unpaired) electrons. The third kappa shape index (κ3) is 11.7. The molecule has 2 aromatic carbocycles. The van der Waals surface area contributed by atoms with E-state index in [0.717, 1.165) is 0 Å². The van der Waals surface area contributed by atoms with Gasteiger partial charge in [-0.25, -0.2) is 24.3 Å². The monoisotopic (exact) mass is 228 g/mol. The van der Waals surface area contributed by atoms with Crippen LogP contribution in [-0.4, -0.2) is 0 Å². The van der Waals surface area contributed by atoms with Gasteiger partial charge in [0.25, 0.3) is 0 Å². The van der Waals surface area contributed by atoms with Gasteiger partial charge in [0.05, 0.1) is 0 Å². The topological polar surface area (TPSA) is 0 Å². The molecular weight excluding hydrogens is 215 g/mol. The number of halogens is 1. The molecule has 0 saturated heterocycles. The van der Waals surface area contributed by atoms with E-state index in [4.69, 9.17) is 0 Å². The summed E-state index contributed by atoms with van der Waals surface area (Å²) < 4.78 is 0. The van der Waals surface area contributed by atoms with Crippen LogP contribution in [0.15, 0.2) is 60.7 Å². The van der Waals surface area contributed by atoms with E-state index in [9.17, 15) is 0 Å². The summed E-state index contributed by atoms with van der Waals surface area (Å²) in [6.45, 7) is 0. The maximum Gasteiger partial charge on any atom is 4.00 e. The third-order valence-electron chi connectivity index (χ3n) is 1.11. The molecule has 13 heavy (non-hydrogen) atoms. The van der Waals surface area contributed by atoms with Crippen LogP contribution in [0, 0.1) is 7.43 Å². The molecule has 68 valence electrons. The van der Waals surface area contributed by atoms with Crippen molar-refractivity contribution in [3.8, 4) is 0 Å². The molecule has 0 aliphatic rings. The van der Waals surface area contributed by atoms with E-state index in [0.29, 0.717) is 0 Å². The first-order chi connectivity index (χ1) is 5.00. The Labute approximate surface area is 102 Å². The zero-order valence-electron chi connectivity index (χ0n) is 7.65. The molecule has 0 aliphatic carbocycles. The molecule has 2 aromatic rings. The molecule has 2 rings (SSSR count). The smallest absolute Gasteiger partial charge is 1.00 e. The second-order valence-electron chi connectivity index (χ2n) is 1.92. The summed E-state index contributed by atoms with van der Waals surface area (Å²) in [7, 11) is 0. The molecule has 0 aromatic heterocycles. The standard InChI is InChI=1S/2C5H5.CH3.ClH.Ti/c2*1-2-4-5-3-1;;;/h2*1-5H;1H3;1H;/q3*-1;;+4/p-1. The van der Waals surface area contributed by atoms with Gasteiger partial charge in [0.1, 0.15) is 0 Å². The van der Waals surface area contributed by atoms with Gasteiger partial charge in [0, 0.05) is 0 Å². The molecule has 0 fully saturated rings. The van der Waals surface area contributed by atoms with Crippen molar-refractivity contribution in [2.24, 2.45) is 0 Å². The predicted octanol–water partition coefficient (Wildman–Crippen LogP) is 0.263. The first-order valence-corrected chi connectivity index (χ1v) is 3.33. The molecule has 0 atom stereocenters. The fourth-order valence-corrected chi connectivity index (χ4v) is 0.642. The van der Waals surface area contributed by atoms with Gasteiger partial charge in [-0.15, -0.1) is 0 Å². The van der Waals surface area contributed by atoms with Gasteiger partial charge in [-0.3, -0.25) is 0 Å². The van der Waals surface area contributed by atoms with Crippen LogP contribution in [0.1, 0.15) is 0 Å². The van der Waals surface area contributed by atoms with E-state index in [2.05, 4.69) is 0 Å². The van der Waals surface area contributed by atoms with Crippen molar-refractivity contribution in [2.45, 2.75) is 0 Å². The van der Waals surface area contributed by atoms with Gasteiger partial charge in [0.15, 0.2) is 0 Å². The fourth-order valence-electron chi connectivity index (χ4n) is 0.642. The average molecular weight is 229 g/mol. The Hall–Kier alpha value is -0.296. The molecular formula is C11H13ClTi. The van der Waals surface area contributed by atoms with Gasteiger partial charge in [0.2, 0.25) is 0 Å².